The molecule has 3 heteroatoms. The Kier molecular flexibility index (Phi) is 4.51. The van der Waals surface area contributed by atoms with Crippen molar-refractivity contribution in [1.82, 2.24) is 4.90 Å². The number of hydrogen-bond acceptors (Lipinski definition) is 3. The van der Waals surface area contributed by atoms with Gasteiger partial charge < -0.3 is 10.5 Å². The molecule has 116 valence electrons. The first-order valence-electron chi connectivity index (χ1n) is 8.35. The summed E-state index contributed by atoms with van der Waals surface area (Å²) >= 11 is 0. The Hall–Kier alpha value is -1.06. The normalized spacial score (nSPS) is 27.4. The smallest absolute Gasteiger partial charge is 0.121 e. The van der Waals surface area contributed by atoms with Gasteiger partial charge in [-0.3, -0.25) is 4.90 Å². The van der Waals surface area contributed by atoms with Gasteiger partial charge >= 0.3 is 0 Å². The van der Waals surface area contributed by atoms with E-state index in [1.807, 2.05) is 0 Å². The summed E-state index contributed by atoms with van der Waals surface area (Å²) < 4.78 is 5.41. The summed E-state index contributed by atoms with van der Waals surface area (Å²) in [6.45, 7) is 4.16. The van der Waals surface area contributed by atoms with E-state index in [1.165, 1.54) is 49.8 Å². The lowest BCUT2D eigenvalue weighted by Gasteiger charge is -2.35. The van der Waals surface area contributed by atoms with E-state index in [2.05, 4.69) is 30.0 Å². The van der Waals surface area contributed by atoms with Crippen LogP contribution in [0.2, 0.25) is 0 Å². The fraction of sp³-hybridized carbons (Fsp3) is 0.667. The summed E-state index contributed by atoms with van der Waals surface area (Å²) in [5, 5.41) is 0. The number of nitrogens with two attached hydrogens (primary N) is 1. The molecule has 1 aromatic rings. The van der Waals surface area contributed by atoms with E-state index in [-0.39, 0.29) is 0 Å². The van der Waals surface area contributed by atoms with Gasteiger partial charge in [-0.1, -0.05) is 18.6 Å². The lowest BCUT2D eigenvalue weighted by molar-refractivity contribution is 0.149. The highest BCUT2D eigenvalue weighted by atomic mass is 16.5. The molecule has 1 heterocycles. The fourth-order valence-electron chi connectivity index (χ4n) is 3.88. The lowest BCUT2D eigenvalue weighted by atomic mass is 9.88. The van der Waals surface area contributed by atoms with Gasteiger partial charge in [-0.2, -0.15) is 0 Å². The van der Waals surface area contributed by atoms with Gasteiger partial charge in [0.1, 0.15) is 5.75 Å². The van der Waals surface area contributed by atoms with Crippen molar-refractivity contribution in [3.8, 4) is 5.75 Å². The van der Waals surface area contributed by atoms with Crippen molar-refractivity contribution in [2.75, 3.05) is 20.2 Å². The van der Waals surface area contributed by atoms with Gasteiger partial charge in [-0.25, -0.2) is 0 Å². The molecule has 0 spiro atoms. The summed E-state index contributed by atoms with van der Waals surface area (Å²) in [5.74, 6) is 1.57. The van der Waals surface area contributed by atoms with E-state index < -0.39 is 0 Å². The zero-order chi connectivity index (χ0) is 14.8. The first-order valence-corrected chi connectivity index (χ1v) is 8.35. The monoisotopic (exact) mass is 288 g/mol. The van der Waals surface area contributed by atoms with Gasteiger partial charge in [-0.05, 0) is 68.8 Å². The van der Waals surface area contributed by atoms with Crippen molar-refractivity contribution in [2.45, 2.75) is 51.1 Å². The zero-order valence-electron chi connectivity index (χ0n) is 13.3. The van der Waals surface area contributed by atoms with E-state index in [9.17, 15) is 0 Å². The van der Waals surface area contributed by atoms with Crippen LogP contribution in [0.3, 0.4) is 0 Å². The molecule has 1 aliphatic carbocycles. The van der Waals surface area contributed by atoms with Crippen LogP contribution in [-0.4, -0.2) is 31.1 Å². The Labute approximate surface area is 128 Å². The molecule has 3 rings (SSSR count). The van der Waals surface area contributed by atoms with Crippen LogP contribution < -0.4 is 10.5 Å². The van der Waals surface area contributed by atoms with Crippen LogP contribution in [0.5, 0.6) is 5.75 Å². The summed E-state index contributed by atoms with van der Waals surface area (Å²) in [4.78, 5) is 2.74. The van der Waals surface area contributed by atoms with Gasteiger partial charge in [0.05, 0.1) is 7.11 Å². The first-order chi connectivity index (χ1) is 10.2. The third-order valence-electron chi connectivity index (χ3n) is 5.12. The Morgan fingerprint density at radius 1 is 1.24 bits per heavy atom. The van der Waals surface area contributed by atoms with Gasteiger partial charge in [0.15, 0.2) is 0 Å². The van der Waals surface area contributed by atoms with E-state index in [0.29, 0.717) is 12.0 Å². The number of likely N-dealkylation sites (tertiary alicyclic amines) is 1. The van der Waals surface area contributed by atoms with Crippen molar-refractivity contribution >= 4 is 0 Å². The van der Waals surface area contributed by atoms with Crippen molar-refractivity contribution in [3.63, 3.8) is 0 Å². The zero-order valence-corrected chi connectivity index (χ0v) is 13.3. The fourth-order valence-corrected chi connectivity index (χ4v) is 3.88. The number of hydrogen-bond donors (Lipinski definition) is 1. The summed E-state index contributed by atoms with van der Waals surface area (Å²) in [5.41, 5.74) is 8.78. The maximum absolute atomic E-state index is 6.13. The third-order valence-corrected chi connectivity index (χ3v) is 5.12. The molecule has 2 N–H and O–H groups in total. The SMILES string of the molecule is COc1ccc(C2C(CN)CCCCN2C2CC2)cc1C. The van der Waals surface area contributed by atoms with Crippen LogP contribution in [0, 0.1) is 12.8 Å². The largest absolute Gasteiger partial charge is 0.496 e. The predicted octanol–water partition coefficient (Wildman–Crippen LogP) is 3.27. The maximum Gasteiger partial charge on any atom is 0.121 e. The molecule has 2 aliphatic rings. The second kappa shape index (κ2) is 6.37. The minimum Gasteiger partial charge on any atom is -0.496 e. The number of rotatable bonds is 4. The lowest BCUT2D eigenvalue weighted by Crippen LogP contribution is -2.37. The molecule has 1 saturated carbocycles. The molecule has 2 atom stereocenters. The molecule has 0 radical (unpaired) electrons. The van der Waals surface area contributed by atoms with Crippen LogP contribution in [0.25, 0.3) is 0 Å². The summed E-state index contributed by atoms with van der Waals surface area (Å²) in [7, 11) is 1.74. The average Bonchev–Trinajstić information content (AvgIpc) is 3.32. The molecule has 0 aromatic heterocycles. The van der Waals surface area contributed by atoms with E-state index in [1.54, 1.807) is 7.11 Å². The summed E-state index contributed by atoms with van der Waals surface area (Å²) in [6.07, 6.45) is 6.62. The highest BCUT2D eigenvalue weighted by molar-refractivity contribution is 5.38. The van der Waals surface area contributed by atoms with Gasteiger partial charge in [0.2, 0.25) is 0 Å². The Morgan fingerprint density at radius 3 is 2.67 bits per heavy atom. The van der Waals surface area contributed by atoms with Crippen LogP contribution >= 0.6 is 0 Å². The van der Waals surface area contributed by atoms with E-state index in [0.717, 1.165) is 18.3 Å². The third kappa shape index (κ3) is 3.09. The molecule has 0 bridgehead atoms. The number of aryl methyl sites for hydroxylation is 1. The topological polar surface area (TPSA) is 38.5 Å². The molecule has 2 fully saturated rings. The number of nitrogens with zero attached hydrogens (tertiary/aromatic N) is 1. The van der Waals surface area contributed by atoms with Crippen molar-refractivity contribution in [2.24, 2.45) is 11.7 Å². The quantitative estimate of drug-likeness (QED) is 0.924. The first kappa shape index (κ1) is 14.9. The molecular weight excluding hydrogens is 260 g/mol. The van der Waals surface area contributed by atoms with Crippen molar-refractivity contribution in [1.29, 1.82) is 0 Å². The van der Waals surface area contributed by atoms with Crippen molar-refractivity contribution in [3.05, 3.63) is 29.3 Å². The Morgan fingerprint density at radius 2 is 2.05 bits per heavy atom. The Bertz CT molecular complexity index is 484. The van der Waals surface area contributed by atoms with Crippen LogP contribution in [0.4, 0.5) is 0 Å². The molecule has 1 aliphatic heterocycles. The maximum atomic E-state index is 6.13. The second-order valence-electron chi connectivity index (χ2n) is 6.63. The van der Waals surface area contributed by atoms with Gasteiger partial charge in [0.25, 0.3) is 0 Å². The highest BCUT2D eigenvalue weighted by Gasteiger charge is 2.38. The molecule has 2 unspecified atom stereocenters. The average molecular weight is 288 g/mol. The molecular formula is C18H28N2O. The molecule has 21 heavy (non-hydrogen) atoms. The highest BCUT2D eigenvalue weighted by Crippen LogP contribution is 2.42. The number of benzene rings is 1. The van der Waals surface area contributed by atoms with E-state index >= 15 is 0 Å². The number of methoxy groups -OCH3 is 1. The Balaban J connectivity index is 1.94. The molecule has 1 saturated heterocycles. The minimum atomic E-state index is 0.495. The standard InChI is InChI=1S/C18H28N2O/c1-13-11-14(6-9-17(13)21-2)18-15(12-19)5-3-4-10-20(18)16-7-8-16/h6,9,11,15-16,18H,3-5,7-8,10,12,19H2,1-2H3. The molecule has 3 nitrogen and oxygen atoms in total. The minimum absolute atomic E-state index is 0.495. The predicted molar refractivity (Wildman–Crippen MR) is 86.6 cm³/mol. The van der Waals surface area contributed by atoms with Gasteiger partial charge in [0, 0.05) is 12.1 Å². The van der Waals surface area contributed by atoms with Crippen LogP contribution in [-0.2, 0) is 0 Å². The van der Waals surface area contributed by atoms with Crippen LogP contribution in [0.15, 0.2) is 18.2 Å². The molecule has 1 aromatic carbocycles. The van der Waals surface area contributed by atoms with Crippen molar-refractivity contribution < 1.29 is 4.74 Å². The van der Waals surface area contributed by atoms with E-state index in [4.69, 9.17) is 10.5 Å². The number of ether oxygens (including phenoxy) is 1. The van der Waals surface area contributed by atoms with Gasteiger partial charge in [-0.15, -0.1) is 0 Å². The van der Waals surface area contributed by atoms with Crippen LogP contribution in [0.1, 0.15) is 49.3 Å². The second-order valence-corrected chi connectivity index (χ2v) is 6.63. The summed E-state index contributed by atoms with van der Waals surface area (Å²) in [6, 6.07) is 7.97. The molecule has 0 amide bonds.